The number of urea groups is 1. The van der Waals surface area contributed by atoms with E-state index in [1.165, 1.54) is 11.3 Å². The summed E-state index contributed by atoms with van der Waals surface area (Å²) >= 11 is 1.51. The summed E-state index contributed by atoms with van der Waals surface area (Å²) in [7, 11) is 0. The Kier molecular flexibility index (Phi) is 6.61. The van der Waals surface area contributed by atoms with Gasteiger partial charge in [-0.2, -0.15) is 11.3 Å². The average Bonchev–Trinajstić information content (AvgIpc) is 3.23. The van der Waals surface area contributed by atoms with Gasteiger partial charge in [0.1, 0.15) is 0 Å². The number of hydrogen-bond acceptors (Lipinski definition) is 5. The molecule has 6 nitrogen and oxygen atoms in total. The van der Waals surface area contributed by atoms with Crippen LogP contribution in [0.15, 0.2) is 27.4 Å². The SMILES string of the molecule is CCC(CC)c1cc(CNC(=O)NCC(O)c2ccsc2)on1. The molecule has 0 aliphatic heterocycles. The first-order chi connectivity index (χ1) is 11.1. The van der Waals surface area contributed by atoms with Crippen LogP contribution in [-0.2, 0) is 6.54 Å². The Balaban J connectivity index is 1.74. The van der Waals surface area contributed by atoms with E-state index >= 15 is 0 Å². The number of rotatable bonds is 8. The molecule has 1 unspecified atom stereocenters. The summed E-state index contributed by atoms with van der Waals surface area (Å²) in [5.74, 6) is 1.02. The van der Waals surface area contributed by atoms with Crippen LogP contribution in [-0.4, -0.2) is 22.8 Å². The summed E-state index contributed by atoms with van der Waals surface area (Å²) in [5.41, 5.74) is 1.74. The van der Waals surface area contributed by atoms with Crippen LogP contribution in [0, 0.1) is 0 Å². The fourth-order valence-electron chi connectivity index (χ4n) is 2.31. The minimum absolute atomic E-state index is 0.165. The summed E-state index contributed by atoms with van der Waals surface area (Å²) in [5, 5.41) is 23.0. The summed E-state index contributed by atoms with van der Waals surface area (Å²) in [4.78, 5) is 11.8. The zero-order chi connectivity index (χ0) is 16.7. The van der Waals surface area contributed by atoms with Gasteiger partial charge in [-0.1, -0.05) is 19.0 Å². The first-order valence-corrected chi connectivity index (χ1v) is 8.75. The van der Waals surface area contributed by atoms with Gasteiger partial charge >= 0.3 is 6.03 Å². The number of hydrogen-bond donors (Lipinski definition) is 3. The van der Waals surface area contributed by atoms with Crippen molar-refractivity contribution in [3.8, 4) is 0 Å². The zero-order valence-electron chi connectivity index (χ0n) is 13.4. The zero-order valence-corrected chi connectivity index (χ0v) is 14.2. The predicted molar refractivity (Wildman–Crippen MR) is 89.3 cm³/mol. The van der Waals surface area contributed by atoms with Crippen molar-refractivity contribution in [3.05, 3.63) is 39.9 Å². The number of amides is 2. The third kappa shape index (κ3) is 5.07. The van der Waals surface area contributed by atoms with Crippen LogP contribution in [0.3, 0.4) is 0 Å². The third-order valence-corrected chi connectivity index (χ3v) is 4.49. The van der Waals surface area contributed by atoms with Gasteiger partial charge in [-0.05, 0) is 35.2 Å². The number of carbonyl (C=O) groups is 1. The van der Waals surface area contributed by atoms with Gasteiger partial charge in [-0.25, -0.2) is 4.79 Å². The number of carbonyl (C=O) groups excluding carboxylic acids is 1. The lowest BCUT2D eigenvalue weighted by Gasteiger charge is -2.10. The molecule has 1 atom stereocenters. The fraction of sp³-hybridized carbons (Fsp3) is 0.500. The highest BCUT2D eigenvalue weighted by Gasteiger charge is 2.14. The second-order valence-electron chi connectivity index (χ2n) is 5.37. The molecule has 126 valence electrons. The van der Waals surface area contributed by atoms with Gasteiger partial charge in [0.2, 0.25) is 0 Å². The Morgan fingerprint density at radius 1 is 1.39 bits per heavy atom. The second-order valence-corrected chi connectivity index (χ2v) is 6.15. The molecule has 0 radical (unpaired) electrons. The first-order valence-electron chi connectivity index (χ1n) is 7.81. The molecule has 0 aliphatic rings. The molecule has 2 aromatic heterocycles. The summed E-state index contributed by atoms with van der Waals surface area (Å²) in [6.07, 6.45) is 1.33. The van der Waals surface area contributed by atoms with Crippen molar-refractivity contribution in [2.75, 3.05) is 6.54 Å². The van der Waals surface area contributed by atoms with E-state index in [-0.39, 0.29) is 19.1 Å². The maximum Gasteiger partial charge on any atom is 0.315 e. The van der Waals surface area contributed by atoms with Gasteiger partial charge in [0.25, 0.3) is 0 Å². The molecule has 0 spiro atoms. The number of nitrogens with zero attached hydrogens (tertiary/aromatic N) is 1. The number of aromatic nitrogens is 1. The lowest BCUT2D eigenvalue weighted by molar-refractivity contribution is 0.173. The van der Waals surface area contributed by atoms with Crippen molar-refractivity contribution in [2.24, 2.45) is 0 Å². The number of thiophene rings is 1. The first kappa shape index (κ1) is 17.5. The molecular weight excluding hydrogens is 314 g/mol. The van der Waals surface area contributed by atoms with Gasteiger partial charge in [0, 0.05) is 18.5 Å². The van der Waals surface area contributed by atoms with Gasteiger partial charge in [0.05, 0.1) is 18.3 Å². The molecular formula is C16H23N3O3S. The molecule has 0 aromatic carbocycles. The summed E-state index contributed by atoms with van der Waals surface area (Å²) in [6.45, 7) is 4.67. The highest BCUT2D eigenvalue weighted by atomic mass is 32.1. The molecule has 0 aliphatic carbocycles. The van der Waals surface area contributed by atoms with Crippen LogP contribution in [0.5, 0.6) is 0 Å². The smallest absolute Gasteiger partial charge is 0.315 e. The second kappa shape index (κ2) is 8.69. The maximum atomic E-state index is 11.8. The van der Waals surface area contributed by atoms with E-state index in [2.05, 4.69) is 29.6 Å². The van der Waals surface area contributed by atoms with Crippen LogP contribution in [0.4, 0.5) is 4.79 Å². The Hall–Kier alpha value is -1.86. The van der Waals surface area contributed by atoms with Gasteiger partial charge in [0.15, 0.2) is 5.76 Å². The number of aliphatic hydroxyl groups is 1. The monoisotopic (exact) mass is 337 g/mol. The number of aliphatic hydroxyl groups excluding tert-OH is 1. The van der Waals surface area contributed by atoms with Crippen LogP contribution < -0.4 is 10.6 Å². The van der Waals surface area contributed by atoms with E-state index in [0.717, 1.165) is 24.1 Å². The molecule has 2 rings (SSSR count). The van der Waals surface area contributed by atoms with E-state index in [9.17, 15) is 9.90 Å². The molecule has 7 heteroatoms. The summed E-state index contributed by atoms with van der Waals surface area (Å²) in [6, 6.07) is 3.38. The van der Waals surface area contributed by atoms with Gasteiger partial charge < -0.3 is 20.3 Å². The maximum absolute atomic E-state index is 11.8. The van der Waals surface area contributed by atoms with Gasteiger partial charge in [-0.15, -0.1) is 0 Å². The summed E-state index contributed by atoms with van der Waals surface area (Å²) < 4.78 is 5.24. The number of nitrogens with one attached hydrogen (secondary N) is 2. The Morgan fingerprint density at radius 3 is 2.83 bits per heavy atom. The van der Waals surface area contributed by atoms with Crippen molar-refractivity contribution < 1.29 is 14.4 Å². The van der Waals surface area contributed by atoms with Crippen LogP contribution in [0.1, 0.15) is 55.7 Å². The Labute approximate surface area is 139 Å². The molecule has 0 fully saturated rings. The highest BCUT2D eigenvalue weighted by molar-refractivity contribution is 7.07. The van der Waals surface area contributed by atoms with E-state index in [4.69, 9.17) is 4.52 Å². The van der Waals surface area contributed by atoms with Crippen LogP contribution in [0.2, 0.25) is 0 Å². The lowest BCUT2D eigenvalue weighted by atomic mass is 9.99. The normalized spacial score (nSPS) is 12.3. The molecule has 0 bridgehead atoms. The molecule has 2 amide bonds. The fourth-order valence-corrected chi connectivity index (χ4v) is 3.02. The third-order valence-electron chi connectivity index (χ3n) is 3.79. The van der Waals surface area contributed by atoms with Crippen molar-refractivity contribution in [3.63, 3.8) is 0 Å². The van der Waals surface area contributed by atoms with Crippen molar-refractivity contribution in [1.82, 2.24) is 15.8 Å². The topological polar surface area (TPSA) is 87.4 Å². The molecule has 2 aromatic rings. The minimum Gasteiger partial charge on any atom is -0.387 e. The molecule has 0 saturated heterocycles. The Morgan fingerprint density at radius 2 is 2.17 bits per heavy atom. The minimum atomic E-state index is -0.696. The van der Waals surface area contributed by atoms with Crippen molar-refractivity contribution >= 4 is 17.4 Å². The quantitative estimate of drug-likeness (QED) is 0.690. The molecule has 2 heterocycles. The average molecular weight is 337 g/mol. The van der Waals surface area contributed by atoms with Gasteiger partial charge in [-0.3, -0.25) is 0 Å². The van der Waals surface area contributed by atoms with E-state index in [1.54, 1.807) is 0 Å². The molecule has 0 saturated carbocycles. The van der Waals surface area contributed by atoms with E-state index < -0.39 is 6.10 Å². The predicted octanol–water partition coefficient (Wildman–Crippen LogP) is 3.17. The van der Waals surface area contributed by atoms with Crippen molar-refractivity contribution in [1.29, 1.82) is 0 Å². The Bertz CT molecular complexity index is 593. The lowest BCUT2D eigenvalue weighted by Crippen LogP contribution is -2.37. The molecule has 23 heavy (non-hydrogen) atoms. The van der Waals surface area contributed by atoms with Crippen LogP contribution in [0.25, 0.3) is 0 Å². The largest absolute Gasteiger partial charge is 0.387 e. The van der Waals surface area contributed by atoms with Crippen molar-refractivity contribution in [2.45, 2.75) is 45.3 Å². The standard InChI is InChI=1S/C16H23N3O3S/c1-3-11(4-2)14-7-13(22-19-14)8-17-16(21)18-9-15(20)12-5-6-23-10-12/h5-7,10-11,15,20H,3-4,8-9H2,1-2H3,(H2,17,18,21). The van der Waals surface area contributed by atoms with Crippen LogP contribution >= 0.6 is 11.3 Å². The molecule has 3 N–H and O–H groups in total. The van der Waals surface area contributed by atoms with E-state index in [1.807, 2.05) is 22.9 Å². The van der Waals surface area contributed by atoms with E-state index in [0.29, 0.717) is 11.7 Å². The highest BCUT2D eigenvalue weighted by Crippen LogP contribution is 2.22.